The number of hydrogen-bond donors (Lipinski definition) is 0. The lowest BCUT2D eigenvalue weighted by Crippen LogP contribution is -2.29. The number of ether oxygens (including phenoxy) is 3. The fourth-order valence-corrected chi connectivity index (χ4v) is 1.84. The highest BCUT2D eigenvalue weighted by Gasteiger charge is 2.43. The molecule has 2 rings (SSSR count). The van der Waals surface area contributed by atoms with Gasteiger partial charge in [0.15, 0.2) is 5.79 Å². The first kappa shape index (κ1) is 9.03. The van der Waals surface area contributed by atoms with Crippen LogP contribution < -0.4 is 0 Å². The molecule has 1 saturated heterocycles. The van der Waals surface area contributed by atoms with Gasteiger partial charge in [-0.05, 0) is 19.9 Å². The van der Waals surface area contributed by atoms with Gasteiger partial charge in [0, 0.05) is 5.92 Å². The van der Waals surface area contributed by atoms with Crippen LogP contribution in [0.4, 0.5) is 0 Å². The summed E-state index contributed by atoms with van der Waals surface area (Å²) in [5.74, 6) is -0.0765. The summed E-state index contributed by atoms with van der Waals surface area (Å²) in [6.07, 6.45) is 3.83. The summed E-state index contributed by atoms with van der Waals surface area (Å²) in [6.45, 7) is 6.72. The second-order valence-electron chi connectivity index (χ2n) is 4.20. The van der Waals surface area contributed by atoms with Crippen molar-refractivity contribution in [1.29, 1.82) is 0 Å². The zero-order chi connectivity index (χ0) is 9.47. The molecule has 74 valence electrons. The monoisotopic (exact) mass is 184 g/mol. The third-order valence-electron chi connectivity index (χ3n) is 2.45. The van der Waals surface area contributed by atoms with Gasteiger partial charge in [-0.3, -0.25) is 0 Å². The molecule has 0 aliphatic carbocycles. The molecule has 0 amide bonds. The maximum absolute atomic E-state index is 5.79. The van der Waals surface area contributed by atoms with Gasteiger partial charge >= 0.3 is 0 Å². The van der Waals surface area contributed by atoms with Gasteiger partial charge in [-0.25, -0.2) is 0 Å². The van der Waals surface area contributed by atoms with Gasteiger partial charge in [-0.1, -0.05) is 6.92 Å². The lowest BCUT2D eigenvalue weighted by atomic mass is 10.0. The standard InChI is InChI=1S/C10H16O3/c1-7-6-11-5-4-8-9(7)13-10(2,3)12-8/h4-5,7-9H,6H2,1-3H3. The Morgan fingerprint density at radius 2 is 2.08 bits per heavy atom. The summed E-state index contributed by atoms with van der Waals surface area (Å²) in [6, 6.07) is 0. The summed E-state index contributed by atoms with van der Waals surface area (Å²) in [5, 5.41) is 0. The Bertz CT molecular complexity index is 222. The molecule has 0 radical (unpaired) electrons. The van der Waals surface area contributed by atoms with E-state index in [1.54, 1.807) is 6.26 Å². The van der Waals surface area contributed by atoms with Gasteiger partial charge in [-0.2, -0.15) is 0 Å². The minimum Gasteiger partial charge on any atom is -0.501 e. The molecule has 13 heavy (non-hydrogen) atoms. The zero-order valence-electron chi connectivity index (χ0n) is 8.32. The highest BCUT2D eigenvalue weighted by Crippen LogP contribution is 2.34. The van der Waals surface area contributed by atoms with Gasteiger partial charge in [0.2, 0.25) is 0 Å². The van der Waals surface area contributed by atoms with E-state index in [4.69, 9.17) is 14.2 Å². The van der Waals surface area contributed by atoms with Crippen LogP contribution in [0.1, 0.15) is 20.8 Å². The van der Waals surface area contributed by atoms with Crippen LogP contribution >= 0.6 is 0 Å². The average Bonchev–Trinajstić information content (AvgIpc) is 2.26. The number of rotatable bonds is 0. The minimum atomic E-state index is -0.453. The summed E-state index contributed by atoms with van der Waals surface area (Å²) >= 11 is 0. The SMILES string of the molecule is CC1COC=CC2OC(C)(C)OC12. The predicted octanol–water partition coefficient (Wildman–Crippen LogP) is 1.69. The van der Waals surface area contributed by atoms with Crippen molar-refractivity contribution in [3.05, 3.63) is 12.3 Å². The second kappa shape index (κ2) is 3.00. The van der Waals surface area contributed by atoms with Gasteiger partial charge in [0.05, 0.1) is 19.0 Å². The van der Waals surface area contributed by atoms with Crippen LogP contribution in [-0.2, 0) is 14.2 Å². The van der Waals surface area contributed by atoms with Crippen molar-refractivity contribution in [2.75, 3.05) is 6.61 Å². The Morgan fingerprint density at radius 3 is 2.85 bits per heavy atom. The first-order chi connectivity index (χ1) is 6.08. The molecule has 0 aromatic rings. The van der Waals surface area contributed by atoms with Crippen molar-refractivity contribution >= 4 is 0 Å². The Labute approximate surface area is 78.7 Å². The maximum atomic E-state index is 5.79. The van der Waals surface area contributed by atoms with Crippen molar-refractivity contribution in [2.45, 2.75) is 38.8 Å². The summed E-state index contributed by atoms with van der Waals surface area (Å²) in [7, 11) is 0. The Kier molecular flexibility index (Phi) is 2.08. The van der Waals surface area contributed by atoms with Gasteiger partial charge < -0.3 is 14.2 Å². The topological polar surface area (TPSA) is 27.7 Å². The van der Waals surface area contributed by atoms with E-state index in [0.717, 1.165) is 0 Å². The van der Waals surface area contributed by atoms with E-state index in [-0.39, 0.29) is 12.2 Å². The highest BCUT2D eigenvalue weighted by molar-refractivity contribution is 4.99. The molecule has 3 heteroatoms. The van der Waals surface area contributed by atoms with E-state index < -0.39 is 5.79 Å². The lowest BCUT2D eigenvalue weighted by Gasteiger charge is -2.20. The summed E-state index contributed by atoms with van der Waals surface area (Å²) in [4.78, 5) is 0. The predicted molar refractivity (Wildman–Crippen MR) is 48.1 cm³/mol. The molecule has 2 heterocycles. The largest absolute Gasteiger partial charge is 0.501 e. The van der Waals surface area contributed by atoms with E-state index in [2.05, 4.69) is 6.92 Å². The van der Waals surface area contributed by atoms with Crippen LogP contribution in [0.3, 0.4) is 0 Å². The van der Waals surface area contributed by atoms with Crippen molar-refractivity contribution < 1.29 is 14.2 Å². The molecule has 0 aromatic carbocycles. The first-order valence-electron chi connectivity index (χ1n) is 4.72. The van der Waals surface area contributed by atoms with E-state index in [9.17, 15) is 0 Å². The number of hydrogen-bond acceptors (Lipinski definition) is 3. The van der Waals surface area contributed by atoms with Crippen molar-refractivity contribution in [3.8, 4) is 0 Å². The van der Waals surface area contributed by atoms with Crippen LogP contribution in [0.2, 0.25) is 0 Å². The summed E-state index contributed by atoms with van der Waals surface area (Å²) in [5.41, 5.74) is 0. The summed E-state index contributed by atoms with van der Waals surface area (Å²) < 4.78 is 16.8. The fourth-order valence-electron chi connectivity index (χ4n) is 1.84. The van der Waals surface area contributed by atoms with E-state index in [0.29, 0.717) is 12.5 Å². The third kappa shape index (κ3) is 1.71. The van der Waals surface area contributed by atoms with Crippen LogP contribution in [0.5, 0.6) is 0 Å². The quantitative estimate of drug-likeness (QED) is 0.573. The maximum Gasteiger partial charge on any atom is 0.164 e. The smallest absolute Gasteiger partial charge is 0.164 e. The molecule has 0 spiro atoms. The van der Waals surface area contributed by atoms with Crippen LogP contribution in [0, 0.1) is 5.92 Å². The van der Waals surface area contributed by atoms with Gasteiger partial charge in [-0.15, -0.1) is 0 Å². The Balaban J connectivity index is 2.16. The highest BCUT2D eigenvalue weighted by atomic mass is 16.8. The molecular weight excluding hydrogens is 168 g/mol. The zero-order valence-corrected chi connectivity index (χ0v) is 8.32. The van der Waals surface area contributed by atoms with E-state index >= 15 is 0 Å². The second-order valence-corrected chi connectivity index (χ2v) is 4.20. The van der Waals surface area contributed by atoms with Crippen LogP contribution in [0.15, 0.2) is 12.3 Å². The van der Waals surface area contributed by atoms with E-state index in [1.165, 1.54) is 0 Å². The fraction of sp³-hybridized carbons (Fsp3) is 0.800. The molecule has 0 saturated carbocycles. The molecule has 3 unspecified atom stereocenters. The molecule has 0 N–H and O–H groups in total. The normalized spacial score (nSPS) is 42.2. The third-order valence-corrected chi connectivity index (χ3v) is 2.45. The van der Waals surface area contributed by atoms with Gasteiger partial charge in [0.1, 0.15) is 6.10 Å². The molecule has 2 aliphatic rings. The minimum absolute atomic E-state index is 0.0486. The molecule has 0 bridgehead atoms. The van der Waals surface area contributed by atoms with E-state index in [1.807, 2.05) is 19.9 Å². The van der Waals surface area contributed by atoms with Crippen molar-refractivity contribution in [3.63, 3.8) is 0 Å². The molecule has 1 fully saturated rings. The van der Waals surface area contributed by atoms with Crippen molar-refractivity contribution in [1.82, 2.24) is 0 Å². The van der Waals surface area contributed by atoms with Gasteiger partial charge in [0.25, 0.3) is 0 Å². The molecule has 2 aliphatic heterocycles. The number of fused-ring (bicyclic) bond motifs is 1. The van der Waals surface area contributed by atoms with Crippen molar-refractivity contribution in [2.24, 2.45) is 5.92 Å². The average molecular weight is 184 g/mol. The van der Waals surface area contributed by atoms with Crippen LogP contribution in [-0.4, -0.2) is 24.6 Å². The Morgan fingerprint density at radius 1 is 1.31 bits per heavy atom. The van der Waals surface area contributed by atoms with Crippen LogP contribution in [0.25, 0.3) is 0 Å². The Hall–Kier alpha value is -0.540. The molecular formula is C10H16O3. The lowest BCUT2D eigenvalue weighted by molar-refractivity contribution is -0.149. The molecule has 0 aromatic heterocycles. The molecule has 3 nitrogen and oxygen atoms in total. The molecule has 3 atom stereocenters. The first-order valence-corrected chi connectivity index (χ1v) is 4.72.